The van der Waals surface area contributed by atoms with Crippen LogP contribution in [0, 0.1) is 0 Å². The smallest absolute Gasteiger partial charge is 0.307 e. The fourth-order valence-electron chi connectivity index (χ4n) is 7.31. The van der Waals surface area contributed by atoms with Gasteiger partial charge in [-0.1, -0.05) is 143 Å². The number of rotatable bonds is 21. The number of H-pyrrole nitrogens is 2. The third kappa shape index (κ3) is 14.3. The van der Waals surface area contributed by atoms with Crippen LogP contribution in [-0.4, -0.2) is 32.0 Å². The molecule has 12 nitrogen and oxygen atoms in total. The molecule has 4 rings (SSSR count). The van der Waals surface area contributed by atoms with Gasteiger partial charge in [0.05, 0.1) is 0 Å². The third-order valence-electron chi connectivity index (χ3n) is 10.4. The average molecular weight is 795 g/mol. The van der Waals surface area contributed by atoms with E-state index in [2.05, 4.69) is 96.6 Å². The molecule has 4 aromatic rings. The molecule has 12 heteroatoms. The standard InChI is InChI=1S/C46H66N8O4/c1-29(2)35-23-19-24-36(30(3)4)41(35)51-45(57)53-43-47-33(27-39(55)49-43)21-17-15-13-11-9-10-12-14-16-18-22-34-28-40(56)50-44(48-34)54-46(58)52-42-37(31(5)6)25-20-26-38(42)32(7)8/h19-20,23-32H,9-18,21-22H2,1-8H3,(H3,47,49,51,53,55,57)(H3,48,50,52,54,56,58). The third-order valence-corrected chi connectivity index (χ3v) is 10.4. The first kappa shape index (κ1) is 45.4. The highest BCUT2D eigenvalue weighted by molar-refractivity contribution is 6.00. The van der Waals surface area contributed by atoms with Gasteiger partial charge in [0.2, 0.25) is 11.9 Å². The maximum Gasteiger partial charge on any atom is 0.326 e. The first-order valence-electron chi connectivity index (χ1n) is 21.3. The number of urea groups is 2. The summed E-state index contributed by atoms with van der Waals surface area (Å²) in [7, 11) is 0. The second kappa shape index (κ2) is 22.6. The van der Waals surface area contributed by atoms with E-state index in [1.807, 2.05) is 36.4 Å². The molecular formula is C46H66N8O4. The lowest BCUT2D eigenvalue weighted by Crippen LogP contribution is -2.25. The summed E-state index contributed by atoms with van der Waals surface area (Å²) in [6.45, 7) is 16.8. The van der Waals surface area contributed by atoms with Gasteiger partial charge in [0, 0.05) is 34.9 Å². The molecule has 4 amide bonds. The number of unbranched alkanes of at least 4 members (excludes halogenated alkanes) is 9. The maximum absolute atomic E-state index is 13.0. The summed E-state index contributed by atoms with van der Waals surface area (Å²) in [4.78, 5) is 65.1. The zero-order chi connectivity index (χ0) is 42.2. The zero-order valence-corrected chi connectivity index (χ0v) is 35.9. The van der Waals surface area contributed by atoms with E-state index in [4.69, 9.17) is 0 Å². The first-order valence-corrected chi connectivity index (χ1v) is 21.3. The second-order valence-corrected chi connectivity index (χ2v) is 16.6. The number of aromatic nitrogens is 4. The Morgan fingerprint density at radius 1 is 0.483 bits per heavy atom. The number of para-hydroxylation sites is 2. The Balaban J connectivity index is 1.10. The van der Waals surface area contributed by atoms with Gasteiger partial charge in [-0.25, -0.2) is 19.6 Å². The molecule has 0 aliphatic carbocycles. The Morgan fingerprint density at radius 2 is 0.776 bits per heavy atom. The summed E-state index contributed by atoms with van der Waals surface area (Å²) in [6, 6.07) is 14.3. The Hall–Kier alpha value is -5.26. The van der Waals surface area contributed by atoms with Crippen LogP contribution in [0.15, 0.2) is 58.1 Å². The predicted octanol–water partition coefficient (Wildman–Crippen LogP) is 11.3. The molecule has 0 saturated carbocycles. The highest BCUT2D eigenvalue weighted by Crippen LogP contribution is 2.33. The largest absolute Gasteiger partial charge is 0.326 e. The molecule has 0 bridgehead atoms. The van der Waals surface area contributed by atoms with Crippen molar-refractivity contribution in [2.45, 2.75) is 156 Å². The van der Waals surface area contributed by atoms with Crippen LogP contribution < -0.4 is 32.4 Å². The molecule has 0 atom stereocenters. The maximum atomic E-state index is 13.0. The van der Waals surface area contributed by atoms with Crippen LogP contribution in [0.2, 0.25) is 0 Å². The minimum absolute atomic E-state index is 0.146. The number of hydrogen-bond donors (Lipinski definition) is 6. The van der Waals surface area contributed by atoms with E-state index in [0.717, 1.165) is 85.0 Å². The van der Waals surface area contributed by atoms with Gasteiger partial charge in [0.1, 0.15) is 0 Å². The number of benzene rings is 2. The molecule has 0 unspecified atom stereocenters. The van der Waals surface area contributed by atoms with Crippen LogP contribution in [-0.2, 0) is 12.8 Å². The van der Waals surface area contributed by atoms with E-state index >= 15 is 0 Å². The minimum Gasteiger partial charge on any atom is -0.307 e. The van der Waals surface area contributed by atoms with Crippen molar-refractivity contribution < 1.29 is 9.59 Å². The fourth-order valence-corrected chi connectivity index (χ4v) is 7.31. The molecule has 2 heterocycles. The van der Waals surface area contributed by atoms with Gasteiger partial charge in [0.25, 0.3) is 11.1 Å². The summed E-state index contributed by atoms with van der Waals surface area (Å²) in [5.74, 6) is 1.23. The van der Waals surface area contributed by atoms with Crippen LogP contribution >= 0.6 is 0 Å². The van der Waals surface area contributed by atoms with Crippen LogP contribution in [0.5, 0.6) is 0 Å². The number of amides is 4. The van der Waals surface area contributed by atoms with Crippen molar-refractivity contribution in [1.82, 2.24) is 19.9 Å². The van der Waals surface area contributed by atoms with Gasteiger partial charge < -0.3 is 10.6 Å². The average Bonchev–Trinajstić information content (AvgIpc) is 3.14. The lowest BCUT2D eigenvalue weighted by molar-refractivity contribution is 0.261. The number of carbonyl (C=O) groups excluding carboxylic acids is 2. The molecule has 0 aliphatic rings. The monoisotopic (exact) mass is 795 g/mol. The van der Waals surface area contributed by atoms with Gasteiger partial charge >= 0.3 is 12.1 Å². The van der Waals surface area contributed by atoms with Crippen molar-refractivity contribution >= 4 is 35.3 Å². The van der Waals surface area contributed by atoms with Crippen molar-refractivity contribution in [3.8, 4) is 0 Å². The first-order chi connectivity index (χ1) is 27.7. The van der Waals surface area contributed by atoms with Crippen molar-refractivity contribution in [2.24, 2.45) is 0 Å². The van der Waals surface area contributed by atoms with E-state index < -0.39 is 12.1 Å². The van der Waals surface area contributed by atoms with E-state index in [9.17, 15) is 19.2 Å². The number of aromatic amines is 2. The topological polar surface area (TPSA) is 174 Å². The summed E-state index contributed by atoms with van der Waals surface area (Å²) in [5.41, 5.74) is 6.61. The molecule has 0 radical (unpaired) electrons. The SMILES string of the molecule is CC(C)c1cccc(C(C)C)c1NC(=O)Nc1nc(CCCCCCCCCCCCc2cc(=O)[nH]c(NC(=O)Nc3c(C(C)C)cccc3C(C)C)n2)cc(=O)[nH]1. The predicted molar refractivity (Wildman–Crippen MR) is 238 cm³/mol. The number of anilines is 4. The summed E-state index contributed by atoms with van der Waals surface area (Å²) in [6.07, 6.45) is 12.2. The fraction of sp³-hybridized carbons (Fsp3) is 0.522. The molecule has 0 saturated heterocycles. The summed E-state index contributed by atoms with van der Waals surface area (Å²) < 4.78 is 0. The molecule has 0 aliphatic heterocycles. The van der Waals surface area contributed by atoms with Gasteiger partial charge in [-0.3, -0.25) is 30.2 Å². The highest BCUT2D eigenvalue weighted by Gasteiger charge is 2.18. The Labute approximate surface area is 344 Å². The summed E-state index contributed by atoms with van der Waals surface area (Å²) >= 11 is 0. The van der Waals surface area contributed by atoms with Crippen LogP contribution in [0.1, 0.15) is 177 Å². The van der Waals surface area contributed by atoms with Gasteiger partial charge in [-0.05, 0) is 71.6 Å². The zero-order valence-electron chi connectivity index (χ0n) is 35.9. The molecule has 0 fully saturated rings. The van der Waals surface area contributed by atoms with Crippen LogP contribution in [0.25, 0.3) is 0 Å². The van der Waals surface area contributed by atoms with Crippen molar-refractivity contribution in [3.05, 3.63) is 103 Å². The van der Waals surface area contributed by atoms with E-state index in [-0.39, 0.29) is 46.7 Å². The van der Waals surface area contributed by atoms with E-state index in [1.165, 1.54) is 25.0 Å². The van der Waals surface area contributed by atoms with Crippen molar-refractivity contribution in [2.75, 3.05) is 21.3 Å². The quantitative estimate of drug-likeness (QED) is 0.0458. The molecule has 6 N–H and O–H groups in total. The highest BCUT2D eigenvalue weighted by atomic mass is 16.2. The molecular weight excluding hydrogens is 729 g/mol. The van der Waals surface area contributed by atoms with Gasteiger partial charge in [-0.2, -0.15) is 0 Å². The van der Waals surface area contributed by atoms with Gasteiger partial charge in [0.15, 0.2) is 0 Å². The Kier molecular flexibility index (Phi) is 17.7. The number of nitrogens with zero attached hydrogens (tertiary/aromatic N) is 2. The minimum atomic E-state index is -0.436. The van der Waals surface area contributed by atoms with E-state index in [0.29, 0.717) is 24.2 Å². The molecule has 2 aromatic carbocycles. The molecule has 2 aromatic heterocycles. The molecule has 314 valence electrons. The molecule has 58 heavy (non-hydrogen) atoms. The number of carbonyl (C=O) groups is 2. The second-order valence-electron chi connectivity index (χ2n) is 16.6. The summed E-state index contributed by atoms with van der Waals surface area (Å²) in [5, 5.41) is 11.5. The van der Waals surface area contributed by atoms with Crippen molar-refractivity contribution in [1.29, 1.82) is 0 Å². The number of nitrogens with one attached hydrogen (secondary N) is 6. The number of aryl methyl sites for hydroxylation is 2. The Bertz CT molecular complexity index is 1870. The lowest BCUT2D eigenvalue weighted by Gasteiger charge is -2.20. The normalized spacial score (nSPS) is 11.4. The lowest BCUT2D eigenvalue weighted by atomic mass is 9.93. The van der Waals surface area contributed by atoms with Crippen molar-refractivity contribution in [3.63, 3.8) is 0 Å². The van der Waals surface area contributed by atoms with Crippen LogP contribution in [0.4, 0.5) is 32.9 Å². The van der Waals surface area contributed by atoms with E-state index in [1.54, 1.807) is 0 Å². The molecule has 0 spiro atoms. The number of hydrogen-bond acceptors (Lipinski definition) is 6. The van der Waals surface area contributed by atoms with Crippen LogP contribution in [0.3, 0.4) is 0 Å². The Morgan fingerprint density at radius 3 is 1.07 bits per heavy atom. The van der Waals surface area contributed by atoms with Gasteiger partial charge in [-0.15, -0.1) is 0 Å².